The van der Waals surface area contributed by atoms with Crippen molar-refractivity contribution in [3.8, 4) is 22.3 Å². The second-order valence-electron chi connectivity index (χ2n) is 5.56. The van der Waals surface area contributed by atoms with Crippen molar-refractivity contribution < 1.29 is 4.39 Å². The van der Waals surface area contributed by atoms with Gasteiger partial charge in [-0.3, -0.25) is 0 Å². The Hall–Kier alpha value is -2.93. The van der Waals surface area contributed by atoms with Crippen molar-refractivity contribution >= 4 is 10.8 Å². The molecular weight excluding hydrogens is 283 g/mol. The number of rotatable bonds is 2. The molecule has 0 saturated carbocycles. The molecule has 23 heavy (non-hydrogen) atoms. The van der Waals surface area contributed by atoms with E-state index in [1.165, 1.54) is 6.07 Å². The first-order chi connectivity index (χ1) is 11.3. The summed E-state index contributed by atoms with van der Waals surface area (Å²) in [5.74, 6) is -0.192. The molecule has 0 heterocycles. The minimum atomic E-state index is -0.192. The molecule has 4 rings (SSSR count). The van der Waals surface area contributed by atoms with Gasteiger partial charge in [-0.05, 0) is 33.5 Å². The van der Waals surface area contributed by atoms with E-state index < -0.39 is 0 Å². The zero-order valence-corrected chi connectivity index (χ0v) is 12.5. The van der Waals surface area contributed by atoms with E-state index in [1.807, 2.05) is 42.5 Å². The highest BCUT2D eigenvalue weighted by Crippen LogP contribution is 2.37. The van der Waals surface area contributed by atoms with Crippen LogP contribution in [0.1, 0.15) is 0 Å². The molecule has 0 unspecified atom stereocenters. The van der Waals surface area contributed by atoms with Crippen LogP contribution >= 0.6 is 0 Å². The number of halogens is 1. The van der Waals surface area contributed by atoms with Crippen molar-refractivity contribution in [3.05, 3.63) is 96.8 Å². The summed E-state index contributed by atoms with van der Waals surface area (Å²) in [5.41, 5.74) is 3.84. The SMILES string of the molecule is Fc1ccccc1-c1cccc2cccc(-c3ccccc3)c12. The maximum absolute atomic E-state index is 14.3. The Bertz CT molecular complexity index is 966. The molecule has 0 fully saturated rings. The fourth-order valence-electron chi connectivity index (χ4n) is 3.10. The Morgan fingerprint density at radius 3 is 1.83 bits per heavy atom. The molecular formula is C22H15F. The fraction of sp³-hybridized carbons (Fsp3) is 0. The van der Waals surface area contributed by atoms with Crippen LogP contribution in [0.4, 0.5) is 4.39 Å². The van der Waals surface area contributed by atoms with Gasteiger partial charge in [-0.2, -0.15) is 0 Å². The first kappa shape index (κ1) is 13.7. The van der Waals surface area contributed by atoms with Crippen LogP contribution in [0.3, 0.4) is 0 Å². The standard InChI is InChI=1S/C22H15F/c23-21-15-5-4-12-19(21)20-14-7-11-17-10-6-13-18(22(17)20)16-8-2-1-3-9-16/h1-15H. The summed E-state index contributed by atoms with van der Waals surface area (Å²) in [7, 11) is 0. The molecule has 0 radical (unpaired) electrons. The van der Waals surface area contributed by atoms with E-state index in [9.17, 15) is 4.39 Å². The largest absolute Gasteiger partial charge is 0.206 e. The van der Waals surface area contributed by atoms with Crippen molar-refractivity contribution in [3.63, 3.8) is 0 Å². The van der Waals surface area contributed by atoms with Gasteiger partial charge < -0.3 is 0 Å². The first-order valence-corrected chi connectivity index (χ1v) is 7.67. The molecule has 4 aromatic rings. The van der Waals surface area contributed by atoms with E-state index in [0.717, 1.165) is 27.5 Å². The molecule has 0 aliphatic rings. The van der Waals surface area contributed by atoms with E-state index in [2.05, 4.69) is 36.4 Å². The highest BCUT2D eigenvalue weighted by atomic mass is 19.1. The molecule has 1 heteroatoms. The molecule has 0 spiro atoms. The van der Waals surface area contributed by atoms with Crippen LogP contribution in [0.25, 0.3) is 33.0 Å². The fourth-order valence-corrected chi connectivity index (χ4v) is 3.10. The van der Waals surface area contributed by atoms with Gasteiger partial charge in [0, 0.05) is 5.56 Å². The van der Waals surface area contributed by atoms with Crippen molar-refractivity contribution in [2.24, 2.45) is 0 Å². The smallest absolute Gasteiger partial charge is 0.131 e. The highest BCUT2D eigenvalue weighted by molar-refractivity contribution is 6.06. The topological polar surface area (TPSA) is 0 Å². The lowest BCUT2D eigenvalue weighted by Gasteiger charge is -2.13. The zero-order valence-electron chi connectivity index (χ0n) is 12.5. The van der Waals surface area contributed by atoms with Gasteiger partial charge >= 0.3 is 0 Å². The number of hydrogen-bond acceptors (Lipinski definition) is 0. The Morgan fingerprint density at radius 2 is 1.09 bits per heavy atom. The van der Waals surface area contributed by atoms with Crippen LogP contribution in [0.2, 0.25) is 0 Å². The second-order valence-corrected chi connectivity index (χ2v) is 5.56. The van der Waals surface area contributed by atoms with Crippen LogP contribution in [0, 0.1) is 5.82 Å². The molecule has 0 nitrogen and oxygen atoms in total. The molecule has 0 aromatic heterocycles. The van der Waals surface area contributed by atoms with Crippen molar-refractivity contribution in [2.45, 2.75) is 0 Å². The molecule has 4 aromatic carbocycles. The summed E-state index contributed by atoms with van der Waals surface area (Å²) in [6.07, 6.45) is 0. The normalized spacial score (nSPS) is 10.8. The van der Waals surface area contributed by atoms with Gasteiger partial charge in [0.1, 0.15) is 5.82 Å². The van der Waals surface area contributed by atoms with E-state index in [4.69, 9.17) is 0 Å². The third-order valence-corrected chi connectivity index (χ3v) is 4.15. The summed E-state index contributed by atoms with van der Waals surface area (Å²) < 4.78 is 14.3. The lowest BCUT2D eigenvalue weighted by atomic mass is 9.91. The maximum Gasteiger partial charge on any atom is 0.131 e. The molecule has 0 aliphatic heterocycles. The lowest BCUT2D eigenvalue weighted by Crippen LogP contribution is -1.88. The molecule has 110 valence electrons. The predicted octanol–water partition coefficient (Wildman–Crippen LogP) is 6.31. The zero-order chi connectivity index (χ0) is 15.6. The second kappa shape index (κ2) is 5.69. The van der Waals surface area contributed by atoms with Crippen molar-refractivity contribution in [2.75, 3.05) is 0 Å². The number of fused-ring (bicyclic) bond motifs is 1. The summed E-state index contributed by atoms with van der Waals surface area (Å²) in [6.45, 7) is 0. The van der Waals surface area contributed by atoms with Crippen LogP contribution in [-0.2, 0) is 0 Å². The summed E-state index contributed by atoms with van der Waals surface area (Å²) in [6, 6.07) is 29.5. The van der Waals surface area contributed by atoms with Gasteiger partial charge in [0.05, 0.1) is 0 Å². The maximum atomic E-state index is 14.3. The minimum Gasteiger partial charge on any atom is -0.206 e. The van der Waals surface area contributed by atoms with Crippen molar-refractivity contribution in [1.82, 2.24) is 0 Å². The average Bonchev–Trinajstić information content (AvgIpc) is 2.62. The van der Waals surface area contributed by atoms with Gasteiger partial charge in [-0.1, -0.05) is 84.9 Å². The van der Waals surface area contributed by atoms with Gasteiger partial charge in [-0.15, -0.1) is 0 Å². The van der Waals surface area contributed by atoms with Crippen LogP contribution in [-0.4, -0.2) is 0 Å². The molecule has 0 saturated heterocycles. The molecule has 0 atom stereocenters. The van der Waals surface area contributed by atoms with Crippen LogP contribution in [0.5, 0.6) is 0 Å². The average molecular weight is 298 g/mol. The quantitative estimate of drug-likeness (QED) is 0.406. The summed E-state index contributed by atoms with van der Waals surface area (Å²) in [4.78, 5) is 0. The van der Waals surface area contributed by atoms with Gasteiger partial charge in [0.2, 0.25) is 0 Å². The van der Waals surface area contributed by atoms with Gasteiger partial charge in [0.15, 0.2) is 0 Å². The van der Waals surface area contributed by atoms with E-state index >= 15 is 0 Å². The third kappa shape index (κ3) is 2.40. The Morgan fingerprint density at radius 1 is 0.478 bits per heavy atom. The van der Waals surface area contributed by atoms with Gasteiger partial charge in [0.25, 0.3) is 0 Å². The van der Waals surface area contributed by atoms with Crippen molar-refractivity contribution in [1.29, 1.82) is 0 Å². The molecule has 0 bridgehead atoms. The Kier molecular flexibility index (Phi) is 3.39. The molecule has 0 amide bonds. The predicted molar refractivity (Wildman–Crippen MR) is 94.8 cm³/mol. The van der Waals surface area contributed by atoms with E-state index in [1.54, 1.807) is 6.07 Å². The third-order valence-electron chi connectivity index (χ3n) is 4.15. The molecule has 0 aliphatic carbocycles. The summed E-state index contributed by atoms with van der Waals surface area (Å²) in [5, 5.41) is 2.21. The van der Waals surface area contributed by atoms with E-state index in [-0.39, 0.29) is 5.82 Å². The number of benzene rings is 4. The van der Waals surface area contributed by atoms with Gasteiger partial charge in [-0.25, -0.2) is 4.39 Å². The Balaban J connectivity index is 2.09. The number of hydrogen-bond donors (Lipinski definition) is 0. The minimum absolute atomic E-state index is 0.192. The van der Waals surface area contributed by atoms with Crippen LogP contribution in [0.15, 0.2) is 91.0 Å². The van der Waals surface area contributed by atoms with Crippen LogP contribution < -0.4 is 0 Å². The van der Waals surface area contributed by atoms with E-state index in [0.29, 0.717) is 5.56 Å². The highest BCUT2D eigenvalue weighted by Gasteiger charge is 2.12. The Labute approximate surface area is 134 Å². The summed E-state index contributed by atoms with van der Waals surface area (Å²) >= 11 is 0. The lowest BCUT2D eigenvalue weighted by molar-refractivity contribution is 0.631. The monoisotopic (exact) mass is 298 g/mol. The molecule has 0 N–H and O–H groups in total. The first-order valence-electron chi connectivity index (χ1n) is 7.67.